The van der Waals surface area contributed by atoms with Crippen molar-refractivity contribution < 1.29 is 19.7 Å². The average Bonchev–Trinajstić information content (AvgIpc) is 3.11. The highest BCUT2D eigenvalue weighted by Gasteiger charge is 2.90. The highest BCUT2D eigenvalue weighted by Crippen LogP contribution is 2.72. The number of rotatable bonds is 12. The van der Waals surface area contributed by atoms with E-state index in [2.05, 4.69) is 6.92 Å². The molecule has 0 bridgehead atoms. The smallest absolute Gasteiger partial charge is 0.190 e. The third-order valence-electron chi connectivity index (χ3n) is 7.63. The summed E-state index contributed by atoms with van der Waals surface area (Å²) < 4.78 is 11.9. The molecule has 3 rings (SSSR count). The van der Waals surface area contributed by atoms with Crippen molar-refractivity contribution >= 4 is 0 Å². The summed E-state index contributed by atoms with van der Waals surface area (Å²) in [4.78, 5) is 0. The van der Waals surface area contributed by atoms with Crippen molar-refractivity contribution in [3.8, 4) is 0 Å². The maximum atomic E-state index is 11.5. The van der Waals surface area contributed by atoms with Crippen LogP contribution in [0.1, 0.15) is 77.7 Å². The lowest BCUT2D eigenvalue weighted by Gasteiger charge is -2.39. The minimum atomic E-state index is -1.45. The van der Waals surface area contributed by atoms with Crippen LogP contribution in [-0.2, 0) is 16.1 Å². The second kappa shape index (κ2) is 9.66. The van der Waals surface area contributed by atoms with Crippen LogP contribution in [0.3, 0.4) is 0 Å². The monoisotopic (exact) mass is 419 g/mol. The summed E-state index contributed by atoms with van der Waals surface area (Å²) in [6.45, 7) is 6.63. The number of ether oxygens (including phenoxy) is 2. The van der Waals surface area contributed by atoms with Crippen LogP contribution in [0.15, 0.2) is 30.3 Å². The van der Waals surface area contributed by atoms with Gasteiger partial charge < -0.3 is 25.4 Å². The molecule has 5 heteroatoms. The van der Waals surface area contributed by atoms with Crippen LogP contribution in [0, 0.1) is 11.3 Å². The molecule has 1 saturated heterocycles. The molecule has 1 aliphatic carbocycles. The molecule has 2 fully saturated rings. The average molecular weight is 420 g/mol. The maximum absolute atomic E-state index is 11.5. The number of hydrogen-bond donors (Lipinski definition) is 3. The van der Waals surface area contributed by atoms with E-state index >= 15 is 0 Å². The Labute approximate surface area is 182 Å². The summed E-state index contributed by atoms with van der Waals surface area (Å²) in [5.74, 6) is -0.297. The fraction of sp³-hybridized carbons (Fsp3) is 0.760. The Morgan fingerprint density at radius 3 is 2.33 bits per heavy atom. The van der Waals surface area contributed by atoms with Gasteiger partial charge in [0.1, 0.15) is 5.60 Å². The van der Waals surface area contributed by atoms with Gasteiger partial charge >= 0.3 is 0 Å². The SMILES string of the molecule is CCCCCCCCCC(N)[C@H]1COC(OCc2ccccc2)[C@]2(O)C(C)(C)[C@@]12O. The Balaban J connectivity index is 1.54. The minimum absolute atomic E-state index is 0.200. The van der Waals surface area contributed by atoms with Crippen molar-refractivity contribution in [1.29, 1.82) is 0 Å². The normalized spacial score (nSPS) is 33.1. The lowest BCUT2D eigenvalue weighted by atomic mass is 9.84. The van der Waals surface area contributed by atoms with E-state index in [9.17, 15) is 10.2 Å². The zero-order valence-electron chi connectivity index (χ0n) is 19.0. The Morgan fingerprint density at radius 1 is 1.03 bits per heavy atom. The minimum Gasteiger partial charge on any atom is -0.386 e. The van der Waals surface area contributed by atoms with Gasteiger partial charge in [0.25, 0.3) is 0 Å². The van der Waals surface area contributed by atoms with Gasteiger partial charge in [0, 0.05) is 17.4 Å². The van der Waals surface area contributed by atoms with Crippen LogP contribution in [0.4, 0.5) is 0 Å². The number of nitrogens with two attached hydrogens (primary N) is 1. The number of aliphatic hydroxyl groups is 2. The van der Waals surface area contributed by atoms with Gasteiger partial charge in [-0.05, 0) is 12.0 Å². The van der Waals surface area contributed by atoms with Gasteiger partial charge in [0.15, 0.2) is 11.9 Å². The van der Waals surface area contributed by atoms with E-state index < -0.39 is 22.9 Å². The molecule has 1 heterocycles. The van der Waals surface area contributed by atoms with Crippen molar-refractivity contribution in [2.75, 3.05) is 6.61 Å². The van der Waals surface area contributed by atoms with Gasteiger partial charge in [-0.15, -0.1) is 0 Å². The molecule has 170 valence electrons. The molecule has 1 aromatic carbocycles. The van der Waals surface area contributed by atoms with E-state index in [0.29, 0.717) is 13.2 Å². The van der Waals surface area contributed by atoms with Crippen molar-refractivity contribution in [1.82, 2.24) is 0 Å². The van der Waals surface area contributed by atoms with E-state index in [4.69, 9.17) is 15.2 Å². The van der Waals surface area contributed by atoms with Crippen LogP contribution in [0.5, 0.6) is 0 Å². The van der Waals surface area contributed by atoms with Crippen LogP contribution in [-0.4, -0.2) is 40.4 Å². The van der Waals surface area contributed by atoms with Crippen molar-refractivity contribution in [2.45, 2.75) is 102 Å². The molecule has 2 aliphatic rings. The lowest BCUT2D eigenvalue weighted by Crippen LogP contribution is -2.56. The molecule has 1 aromatic rings. The predicted octanol–water partition coefficient (Wildman–Crippen LogP) is 4.15. The first-order chi connectivity index (χ1) is 14.3. The number of hydrogen-bond acceptors (Lipinski definition) is 5. The maximum Gasteiger partial charge on any atom is 0.190 e. The molecule has 0 amide bonds. The van der Waals surface area contributed by atoms with Gasteiger partial charge in [-0.1, -0.05) is 96.0 Å². The molecule has 5 atom stereocenters. The summed E-state index contributed by atoms with van der Waals surface area (Å²) in [5.41, 5.74) is 4.04. The van der Waals surface area contributed by atoms with Gasteiger partial charge in [-0.2, -0.15) is 0 Å². The Bertz CT molecular complexity index is 666. The van der Waals surface area contributed by atoms with Gasteiger partial charge in [0.2, 0.25) is 0 Å². The Hall–Kier alpha value is -0.980. The van der Waals surface area contributed by atoms with Gasteiger partial charge in [-0.3, -0.25) is 0 Å². The van der Waals surface area contributed by atoms with Crippen molar-refractivity contribution in [3.63, 3.8) is 0 Å². The Morgan fingerprint density at radius 2 is 1.67 bits per heavy atom. The van der Waals surface area contributed by atoms with E-state index in [1.54, 1.807) is 0 Å². The van der Waals surface area contributed by atoms with Crippen LogP contribution < -0.4 is 5.73 Å². The van der Waals surface area contributed by atoms with E-state index in [0.717, 1.165) is 18.4 Å². The first kappa shape index (κ1) is 23.7. The highest BCUT2D eigenvalue weighted by atomic mass is 16.7. The van der Waals surface area contributed by atoms with Crippen molar-refractivity contribution in [2.24, 2.45) is 17.1 Å². The molecular weight excluding hydrogens is 378 g/mol. The zero-order valence-corrected chi connectivity index (χ0v) is 19.0. The second-order valence-electron chi connectivity index (χ2n) is 9.80. The molecule has 0 spiro atoms. The molecule has 2 unspecified atom stereocenters. The third kappa shape index (κ3) is 4.07. The van der Waals surface area contributed by atoms with Gasteiger partial charge in [-0.25, -0.2) is 0 Å². The lowest BCUT2D eigenvalue weighted by molar-refractivity contribution is -0.268. The summed E-state index contributed by atoms with van der Waals surface area (Å²) in [5, 5.41) is 23.0. The fourth-order valence-electron chi connectivity index (χ4n) is 5.44. The van der Waals surface area contributed by atoms with Crippen molar-refractivity contribution in [3.05, 3.63) is 35.9 Å². The summed E-state index contributed by atoms with van der Waals surface area (Å²) in [7, 11) is 0. The summed E-state index contributed by atoms with van der Waals surface area (Å²) in [6.07, 6.45) is 8.60. The molecule has 5 nitrogen and oxygen atoms in total. The van der Waals surface area contributed by atoms with E-state index in [1.807, 2.05) is 44.2 Å². The molecule has 30 heavy (non-hydrogen) atoms. The van der Waals surface area contributed by atoms with E-state index in [1.165, 1.54) is 38.5 Å². The molecule has 0 aromatic heterocycles. The predicted molar refractivity (Wildman–Crippen MR) is 119 cm³/mol. The fourth-order valence-corrected chi connectivity index (χ4v) is 5.44. The molecule has 4 N–H and O–H groups in total. The van der Waals surface area contributed by atoms with Crippen LogP contribution in [0.2, 0.25) is 0 Å². The zero-order chi connectivity index (χ0) is 21.8. The standard InChI is InChI=1S/C25H41NO4/c1-4-5-6-7-8-9-13-16-21(26)20-18-30-22(25(28)23(2,3)24(20,25)27)29-17-19-14-11-10-12-15-19/h10-12,14-15,20-22,27-28H,4-9,13,16-18,26H2,1-3H3/t20-,21?,22?,24+,25+/m1/s1. The van der Waals surface area contributed by atoms with Crippen LogP contribution >= 0.6 is 0 Å². The Kier molecular flexibility index (Phi) is 7.62. The molecular formula is C25H41NO4. The third-order valence-corrected chi connectivity index (χ3v) is 7.63. The first-order valence-corrected chi connectivity index (χ1v) is 11.8. The molecule has 1 aliphatic heterocycles. The summed E-state index contributed by atoms with van der Waals surface area (Å²) >= 11 is 0. The molecule has 1 saturated carbocycles. The highest BCUT2D eigenvalue weighted by molar-refractivity contribution is 5.37. The van der Waals surface area contributed by atoms with E-state index in [-0.39, 0.29) is 12.0 Å². The number of benzene rings is 1. The van der Waals surface area contributed by atoms with Crippen LogP contribution in [0.25, 0.3) is 0 Å². The topological polar surface area (TPSA) is 84.9 Å². The quantitative estimate of drug-likeness (QED) is 0.443. The summed E-state index contributed by atoms with van der Waals surface area (Å²) in [6, 6.07) is 9.59. The largest absolute Gasteiger partial charge is 0.386 e. The second-order valence-corrected chi connectivity index (χ2v) is 9.80. The first-order valence-electron chi connectivity index (χ1n) is 11.8. The molecule has 0 radical (unpaired) electrons. The van der Waals surface area contributed by atoms with Gasteiger partial charge in [0.05, 0.1) is 13.2 Å². The number of unbranched alkanes of at least 4 members (excludes halogenated alkanes) is 6. The number of fused-ring (bicyclic) bond motifs is 1.